The summed E-state index contributed by atoms with van der Waals surface area (Å²) in [5.74, 6) is -1.41. The number of carbonyl (C=O) groups excluding carboxylic acids is 3. The Bertz CT molecular complexity index is 535. The maximum absolute atomic E-state index is 11.8. The van der Waals surface area contributed by atoms with Crippen molar-refractivity contribution in [1.82, 2.24) is 15.1 Å². The Labute approximate surface area is 116 Å². The van der Waals surface area contributed by atoms with Crippen molar-refractivity contribution in [2.75, 3.05) is 13.2 Å². The quantitative estimate of drug-likeness (QED) is 0.806. The molecule has 1 N–H and O–H groups in total. The molecule has 0 saturated heterocycles. The Morgan fingerprint density at radius 2 is 1.90 bits per heavy atom. The van der Waals surface area contributed by atoms with E-state index in [1.165, 1.54) is 0 Å². The standard InChI is InChI=1S/C12H17N3O5/c1-5-19-12(18)13-9(16)6-20-11(17)10-7(2)14-15(4)8(10)3/h5-6H2,1-4H3,(H,13,16,18). The van der Waals surface area contributed by atoms with Crippen LogP contribution in [0, 0.1) is 13.8 Å². The van der Waals surface area contributed by atoms with Crippen molar-refractivity contribution in [1.29, 1.82) is 0 Å². The fourth-order valence-electron chi connectivity index (χ4n) is 1.59. The second-order valence-electron chi connectivity index (χ2n) is 4.01. The van der Waals surface area contributed by atoms with Gasteiger partial charge >= 0.3 is 12.1 Å². The van der Waals surface area contributed by atoms with Crippen LogP contribution >= 0.6 is 0 Å². The van der Waals surface area contributed by atoms with Gasteiger partial charge < -0.3 is 9.47 Å². The predicted octanol–water partition coefficient (Wildman–Crippen LogP) is 0.466. The van der Waals surface area contributed by atoms with Gasteiger partial charge in [0.15, 0.2) is 6.61 Å². The summed E-state index contributed by atoms with van der Waals surface area (Å²) in [6.07, 6.45) is -0.873. The predicted molar refractivity (Wildman–Crippen MR) is 68.1 cm³/mol. The van der Waals surface area contributed by atoms with Crippen molar-refractivity contribution >= 4 is 18.0 Å². The molecule has 0 aromatic carbocycles. The first-order chi connectivity index (χ1) is 9.36. The summed E-state index contributed by atoms with van der Waals surface area (Å²) in [5, 5.41) is 6.00. The van der Waals surface area contributed by atoms with Crippen LogP contribution < -0.4 is 5.32 Å². The van der Waals surface area contributed by atoms with Gasteiger partial charge in [-0.05, 0) is 20.8 Å². The molecule has 8 nitrogen and oxygen atoms in total. The number of nitrogens with one attached hydrogen (secondary N) is 1. The number of hydrogen-bond acceptors (Lipinski definition) is 6. The molecular formula is C12H17N3O5. The van der Waals surface area contributed by atoms with E-state index in [9.17, 15) is 14.4 Å². The van der Waals surface area contributed by atoms with Crippen LogP contribution in [-0.2, 0) is 21.3 Å². The van der Waals surface area contributed by atoms with Gasteiger partial charge in [0.2, 0.25) is 0 Å². The van der Waals surface area contributed by atoms with Gasteiger partial charge in [-0.25, -0.2) is 9.59 Å². The van der Waals surface area contributed by atoms with Crippen LogP contribution in [0.2, 0.25) is 0 Å². The van der Waals surface area contributed by atoms with Crippen molar-refractivity contribution in [2.45, 2.75) is 20.8 Å². The van der Waals surface area contributed by atoms with Crippen molar-refractivity contribution in [3.8, 4) is 0 Å². The van der Waals surface area contributed by atoms with Gasteiger partial charge in [0.25, 0.3) is 5.91 Å². The summed E-state index contributed by atoms with van der Waals surface area (Å²) in [6, 6.07) is 0. The Morgan fingerprint density at radius 3 is 2.40 bits per heavy atom. The van der Waals surface area contributed by atoms with E-state index in [4.69, 9.17) is 4.74 Å². The van der Waals surface area contributed by atoms with E-state index in [1.807, 2.05) is 5.32 Å². The number of alkyl carbamates (subject to hydrolysis) is 1. The number of amides is 2. The van der Waals surface area contributed by atoms with Crippen LogP contribution in [-0.4, -0.2) is 41.0 Å². The minimum Gasteiger partial charge on any atom is -0.452 e. The number of aromatic nitrogens is 2. The Kier molecular flexibility index (Phi) is 5.24. The summed E-state index contributed by atoms with van der Waals surface area (Å²) < 4.78 is 10.9. The number of carbonyl (C=O) groups is 3. The molecule has 0 fully saturated rings. The third-order valence-corrected chi connectivity index (χ3v) is 2.56. The smallest absolute Gasteiger partial charge is 0.413 e. The highest BCUT2D eigenvalue weighted by Crippen LogP contribution is 2.12. The second kappa shape index (κ2) is 6.69. The van der Waals surface area contributed by atoms with E-state index < -0.39 is 24.6 Å². The number of nitrogens with zero attached hydrogens (tertiary/aromatic N) is 2. The molecule has 8 heteroatoms. The molecule has 2 amide bonds. The lowest BCUT2D eigenvalue weighted by molar-refractivity contribution is -0.123. The average molecular weight is 283 g/mol. The molecule has 0 atom stereocenters. The highest BCUT2D eigenvalue weighted by molar-refractivity contribution is 5.96. The maximum Gasteiger partial charge on any atom is 0.413 e. The molecule has 0 bridgehead atoms. The molecule has 1 heterocycles. The topological polar surface area (TPSA) is 99.5 Å². The lowest BCUT2D eigenvalue weighted by atomic mass is 10.2. The second-order valence-corrected chi connectivity index (χ2v) is 4.01. The van der Waals surface area contributed by atoms with Gasteiger partial charge in [0, 0.05) is 12.7 Å². The first-order valence-corrected chi connectivity index (χ1v) is 6.00. The van der Waals surface area contributed by atoms with Crippen molar-refractivity contribution in [2.24, 2.45) is 7.05 Å². The van der Waals surface area contributed by atoms with Gasteiger partial charge in [0.1, 0.15) is 5.56 Å². The maximum atomic E-state index is 11.8. The molecule has 0 aliphatic rings. The van der Waals surface area contributed by atoms with Crippen LogP contribution in [0.5, 0.6) is 0 Å². The van der Waals surface area contributed by atoms with Gasteiger partial charge in [-0.3, -0.25) is 14.8 Å². The third kappa shape index (κ3) is 3.81. The third-order valence-electron chi connectivity index (χ3n) is 2.56. The van der Waals surface area contributed by atoms with Crippen LogP contribution in [0.3, 0.4) is 0 Å². The average Bonchev–Trinajstić information content (AvgIpc) is 2.60. The fourth-order valence-corrected chi connectivity index (χ4v) is 1.59. The van der Waals surface area contributed by atoms with Crippen LogP contribution in [0.25, 0.3) is 0 Å². The van der Waals surface area contributed by atoms with Crippen molar-refractivity contribution in [3.05, 3.63) is 17.0 Å². The zero-order valence-electron chi connectivity index (χ0n) is 11.8. The number of ether oxygens (including phenoxy) is 2. The van der Waals surface area contributed by atoms with Gasteiger partial charge in [0.05, 0.1) is 12.3 Å². The Balaban J connectivity index is 2.55. The highest BCUT2D eigenvalue weighted by atomic mass is 16.6. The molecular weight excluding hydrogens is 266 g/mol. The number of aryl methyl sites for hydroxylation is 2. The van der Waals surface area contributed by atoms with Crippen LogP contribution in [0.1, 0.15) is 28.7 Å². The zero-order chi connectivity index (χ0) is 15.3. The van der Waals surface area contributed by atoms with Crippen LogP contribution in [0.15, 0.2) is 0 Å². The molecule has 0 saturated carbocycles. The summed E-state index contributed by atoms with van der Waals surface area (Å²) in [7, 11) is 1.70. The Morgan fingerprint density at radius 1 is 1.25 bits per heavy atom. The molecule has 110 valence electrons. The Hall–Kier alpha value is -2.38. The number of rotatable bonds is 4. The normalized spacial score (nSPS) is 10.0. The van der Waals surface area contributed by atoms with E-state index in [2.05, 4.69) is 9.84 Å². The van der Waals surface area contributed by atoms with Crippen LogP contribution in [0.4, 0.5) is 4.79 Å². The summed E-state index contributed by atoms with van der Waals surface area (Å²) in [4.78, 5) is 34.1. The molecule has 0 radical (unpaired) electrons. The van der Waals surface area contributed by atoms with Crippen molar-refractivity contribution < 1.29 is 23.9 Å². The van der Waals surface area contributed by atoms with E-state index in [0.717, 1.165) is 0 Å². The lowest BCUT2D eigenvalue weighted by Gasteiger charge is -2.06. The number of imide groups is 1. The molecule has 1 aromatic rings. The number of esters is 1. The van der Waals surface area contributed by atoms with Gasteiger partial charge in [-0.15, -0.1) is 0 Å². The van der Waals surface area contributed by atoms with E-state index in [-0.39, 0.29) is 6.61 Å². The summed E-state index contributed by atoms with van der Waals surface area (Å²) in [5.41, 5.74) is 1.47. The van der Waals surface area contributed by atoms with E-state index in [1.54, 1.807) is 32.5 Å². The van der Waals surface area contributed by atoms with Crippen molar-refractivity contribution in [3.63, 3.8) is 0 Å². The highest BCUT2D eigenvalue weighted by Gasteiger charge is 2.20. The molecule has 1 aromatic heterocycles. The van der Waals surface area contributed by atoms with E-state index in [0.29, 0.717) is 17.0 Å². The van der Waals surface area contributed by atoms with Gasteiger partial charge in [-0.1, -0.05) is 0 Å². The number of hydrogen-bond donors (Lipinski definition) is 1. The lowest BCUT2D eigenvalue weighted by Crippen LogP contribution is -2.34. The summed E-state index contributed by atoms with van der Waals surface area (Å²) >= 11 is 0. The molecule has 0 spiro atoms. The zero-order valence-corrected chi connectivity index (χ0v) is 11.8. The van der Waals surface area contributed by atoms with E-state index >= 15 is 0 Å². The fraction of sp³-hybridized carbons (Fsp3) is 0.500. The first-order valence-electron chi connectivity index (χ1n) is 6.00. The minimum atomic E-state index is -0.873. The summed E-state index contributed by atoms with van der Waals surface area (Å²) in [6.45, 7) is 4.58. The molecule has 1 rings (SSSR count). The van der Waals surface area contributed by atoms with Gasteiger partial charge in [-0.2, -0.15) is 5.10 Å². The monoisotopic (exact) mass is 283 g/mol. The molecule has 0 aliphatic heterocycles. The molecule has 0 unspecified atom stereocenters. The minimum absolute atomic E-state index is 0.146. The SMILES string of the molecule is CCOC(=O)NC(=O)COC(=O)c1c(C)nn(C)c1C. The first kappa shape index (κ1) is 15.7. The molecule has 0 aliphatic carbocycles. The largest absolute Gasteiger partial charge is 0.452 e. The molecule has 20 heavy (non-hydrogen) atoms.